The van der Waals surface area contributed by atoms with Crippen molar-refractivity contribution >= 4 is 10.9 Å². The Hall–Kier alpha value is -1.91. The van der Waals surface area contributed by atoms with Crippen LogP contribution >= 0.6 is 0 Å². The molecule has 0 aliphatic heterocycles. The van der Waals surface area contributed by atoms with Crippen LogP contribution in [0.25, 0.3) is 10.9 Å². The lowest BCUT2D eigenvalue weighted by Gasteiger charge is -1.98. The summed E-state index contributed by atoms with van der Waals surface area (Å²) in [5, 5.41) is 18.0. The van der Waals surface area contributed by atoms with Crippen molar-refractivity contribution in [3.8, 4) is 0 Å². The molecule has 1 aromatic heterocycles. The Morgan fingerprint density at radius 1 is 1.50 bits per heavy atom. The highest BCUT2D eigenvalue weighted by atomic mass is 16.6. The first-order chi connectivity index (χ1) is 6.77. The van der Waals surface area contributed by atoms with E-state index in [1.54, 1.807) is 6.20 Å². The fourth-order valence-electron chi connectivity index (χ4n) is 1.45. The Morgan fingerprint density at radius 3 is 3.14 bits per heavy atom. The van der Waals surface area contributed by atoms with E-state index in [4.69, 9.17) is 0 Å². The Morgan fingerprint density at radius 2 is 2.36 bits per heavy atom. The van der Waals surface area contributed by atoms with Crippen LogP contribution in [0.3, 0.4) is 0 Å². The van der Waals surface area contributed by atoms with Crippen molar-refractivity contribution in [1.29, 1.82) is 0 Å². The number of aromatic amines is 1. The van der Waals surface area contributed by atoms with Gasteiger partial charge in [0.25, 0.3) is 0 Å². The lowest BCUT2D eigenvalue weighted by atomic mass is 10.1. The van der Waals surface area contributed by atoms with E-state index >= 15 is 0 Å². The highest BCUT2D eigenvalue weighted by Crippen LogP contribution is 2.15. The minimum Gasteiger partial charge on any atom is -0.278 e. The Labute approximate surface area is 79.9 Å². The summed E-state index contributed by atoms with van der Waals surface area (Å²) in [5.74, 6) is 0. The summed E-state index contributed by atoms with van der Waals surface area (Å²) >= 11 is 0. The second-order valence-electron chi connectivity index (χ2n) is 3.06. The first kappa shape index (κ1) is 8.68. The zero-order valence-corrected chi connectivity index (χ0v) is 7.43. The molecule has 0 saturated carbocycles. The predicted molar refractivity (Wildman–Crippen MR) is 51.7 cm³/mol. The van der Waals surface area contributed by atoms with Gasteiger partial charge in [0.15, 0.2) is 0 Å². The largest absolute Gasteiger partial charge is 0.278 e. The first-order valence-electron chi connectivity index (χ1n) is 4.30. The fourth-order valence-corrected chi connectivity index (χ4v) is 1.45. The quantitative estimate of drug-likeness (QED) is 0.588. The SMILES string of the molecule is O=[N+]([O-])CCc1cccc2cn[nH]c12. The molecule has 0 aliphatic rings. The number of fused-ring (bicyclic) bond motifs is 1. The summed E-state index contributed by atoms with van der Waals surface area (Å²) in [6.45, 7) is -0.0435. The van der Waals surface area contributed by atoms with Crippen LogP contribution in [0.1, 0.15) is 5.56 Å². The van der Waals surface area contributed by atoms with Crippen molar-refractivity contribution in [2.24, 2.45) is 0 Å². The van der Waals surface area contributed by atoms with Crippen molar-refractivity contribution < 1.29 is 4.92 Å². The molecule has 0 fully saturated rings. The maximum atomic E-state index is 10.2. The number of benzene rings is 1. The number of H-pyrrole nitrogens is 1. The van der Waals surface area contributed by atoms with Crippen LogP contribution in [-0.4, -0.2) is 21.7 Å². The zero-order chi connectivity index (χ0) is 9.97. The number of hydrogen-bond donors (Lipinski definition) is 1. The number of rotatable bonds is 3. The molecule has 0 aliphatic carbocycles. The number of nitro groups is 1. The smallest absolute Gasteiger partial charge is 0.207 e. The summed E-state index contributed by atoms with van der Waals surface area (Å²) in [6, 6.07) is 5.69. The normalized spacial score (nSPS) is 10.6. The zero-order valence-electron chi connectivity index (χ0n) is 7.43. The van der Waals surface area contributed by atoms with Gasteiger partial charge < -0.3 is 0 Å². The third-order valence-electron chi connectivity index (χ3n) is 2.13. The van der Waals surface area contributed by atoms with E-state index in [1.807, 2.05) is 18.2 Å². The van der Waals surface area contributed by atoms with E-state index in [2.05, 4.69) is 10.2 Å². The first-order valence-corrected chi connectivity index (χ1v) is 4.30. The second kappa shape index (κ2) is 3.45. The van der Waals surface area contributed by atoms with Crippen LogP contribution in [0.2, 0.25) is 0 Å². The summed E-state index contributed by atoms with van der Waals surface area (Å²) in [6.07, 6.45) is 2.15. The van der Waals surface area contributed by atoms with E-state index in [1.165, 1.54) is 0 Å². The summed E-state index contributed by atoms with van der Waals surface area (Å²) in [4.78, 5) is 9.92. The molecule has 14 heavy (non-hydrogen) atoms. The molecule has 1 heterocycles. The number of nitrogens with zero attached hydrogens (tertiary/aromatic N) is 2. The van der Waals surface area contributed by atoms with Gasteiger partial charge in [-0.25, -0.2) is 0 Å². The van der Waals surface area contributed by atoms with Gasteiger partial charge in [0.05, 0.1) is 11.7 Å². The molecule has 5 heteroatoms. The van der Waals surface area contributed by atoms with Crippen LogP contribution < -0.4 is 0 Å². The molecule has 0 radical (unpaired) electrons. The van der Waals surface area contributed by atoms with E-state index < -0.39 is 0 Å². The lowest BCUT2D eigenvalue weighted by Crippen LogP contribution is -2.04. The Kier molecular flexibility index (Phi) is 2.14. The van der Waals surface area contributed by atoms with Gasteiger partial charge in [0, 0.05) is 16.7 Å². The number of aromatic nitrogens is 2. The van der Waals surface area contributed by atoms with Gasteiger partial charge in [-0.1, -0.05) is 18.2 Å². The van der Waals surface area contributed by atoms with E-state index in [-0.39, 0.29) is 11.5 Å². The molecule has 0 bridgehead atoms. The van der Waals surface area contributed by atoms with Gasteiger partial charge in [-0.3, -0.25) is 15.2 Å². The topological polar surface area (TPSA) is 71.8 Å². The van der Waals surface area contributed by atoms with E-state index in [9.17, 15) is 10.1 Å². The molecule has 2 aromatic rings. The van der Waals surface area contributed by atoms with Gasteiger partial charge in [0.2, 0.25) is 6.54 Å². The molecular formula is C9H9N3O2. The fraction of sp³-hybridized carbons (Fsp3) is 0.222. The lowest BCUT2D eigenvalue weighted by molar-refractivity contribution is -0.479. The monoisotopic (exact) mass is 191 g/mol. The second-order valence-corrected chi connectivity index (χ2v) is 3.06. The summed E-state index contributed by atoms with van der Waals surface area (Å²) in [5.41, 5.74) is 1.84. The third-order valence-corrected chi connectivity index (χ3v) is 2.13. The molecular weight excluding hydrogens is 182 g/mol. The molecule has 0 amide bonds. The predicted octanol–water partition coefficient (Wildman–Crippen LogP) is 1.38. The molecule has 2 rings (SSSR count). The molecule has 5 nitrogen and oxygen atoms in total. The maximum absolute atomic E-state index is 10.2. The van der Waals surface area contributed by atoms with Gasteiger partial charge >= 0.3 is 0 Å². The van der Waals surface area contributed by atoms with E-state index in [0.717, 1.165) is 16.5 Å². The average Bonchev–Trinajstić information content (AvgIpc) is 2.62. The van der Waals surface area contributed by atoms with Gasteiger partial charge in [-0.05, 0) is 5.56 Å². The Bertz CT molecular complexity index is 464. The molecule has 0 spiro atoms. The Balaban J connectivity index is 2.32. The number of para-hydroxylation sites is 1. The minimum absolute atomic E-state index is 0.0435. The van der Waals surface area contributed by atoms with Crippen LogP contribution in [0, 0.1) is 10.1 Å². The van der Waals surface area contributed by atoms with Crippen LogP contribution in [0.5, 0.6) is 0 Å². The number of hydrogen-bond acceptors (Lipinski definition) is 3. The number of nitrogens with one attached hydrogen (secondary N) is 1. The van der Waals surface area contributed by atoms with Crippen molar-refractivity contribution in [3.63, 3.8) is 0 Å². The molecule has 0 unspecified atom stereocenters. The van der Waals surface area contributed by atoms with Crippen molar-refractivity contribution in [2.45, 2.75) is 6.42 Å². The highest BCUT2D eigenvalue weighted by Gasteiger charge is 2.05. The molecule has 0 saturated heterocycles. The third kappa shape index (κ3) is 1.56. The maximum Gasteiger partial charge on any atom is 0.207 e. The van der Waals surface area contributed by atoms with Gasteiger partial charge in [-0.2, -0.15) is 5.10 Å². The minimum atomic E-state index is -0.310. The van der Waals surface area contributed by atoms with E-state index in [0.29, 0.717) is 6.42 Å². The standard InChI is InChI=1S/C9H9N3O2/c13-12(14)5-4-7-2-1-3-8-6-10-11-9(7)8/h1-3,6H,4-5H2,(H,10,11). The molecule has 0 atom stereocenters. The van der Waals surface area contributed by atoms with Crippen molar-refractivity contribution in [2.75, 3.05) is 6.54 Å². The molecule has 72 valence electrons. The van der Waals surface area contributed by atoms with Crippen molar-refractivity contribution in [3.05, 3.63) is 40.1 Å². The summed E-state index contributed by atoms with van der Waals surface area (Å²) in [7, 11) is 0. The van der Waals surface area contributed by atoms with Crippen LogP contribution in [0.4, 0.5) is 0 Å². The summed E-state index contributed by atoms with van der Waals surface area (Å²) < 4.78 is 0. The van der Waals surface area contributed by atoms with Crippen LogP contribution in [-0.2, 0) is 6.42 Å². The van der Waals surface area contributed by atoms with Crippen molar-refractivity contribution in [1.82, 2.24) is 10.2 Å². The van der Waals surface area contributed by atoms with Gasteiger partial charge in [-0.15, -0.1) is 0 Å². The molecule has 1 aromatic carbocycles. The molecule has 1 N–H and O–H groups in total. The van der Waals surface area contributed by atoms with Gasteiger partial charge in [0.1, 0.15) is 0 Å². The van der Waals surface area contributed by atoms with Crippen LogP contribution in [0.15, 0.2) is 24.4 Å². The average molecular weight is 191 g/mol. The highest BCUT2D eigenvalue weighted by molar-refractivity contribution is 5.81.